The van der Waals surface area contributed by atoms with Crippen LogP contribution in [0.4, 0.5) is 13.2 Å². The van der Waals surface area contributed by atoms with Crippen molar-refractivity contribution in [3.8, 4) is 0 Å². The van der Waals surface area contributed by atoms with E-state index in [9.17, 15) is 51.5 Å². The molecule has 0 aliphatic carbocycles. The van der Waals surface area contributed by atoms with E-state index in [1.165, 1.54) is 6.20 Å². The van der Waals surface area contributed by atoms with Crippen LogP contribution in [0.5, 0.6) is 0 Å². The van der Waals surface area contributed by atoms with Crippen molar-refractivity contribution in [2.24, 2.45) is 23.1 Å². The summed E-state index contributed by atoms with van der Waals surface area (Å²) in [6.45, 7) is 3.65. The Kier molecular flexibility index (Phi) is 27.5. The Balaban J connectivity index is 0.00000190. The third-order valence-electron chi connectivity index (χ3n) is 13.8. The van der Waals surface area contributed by atoms with E-state index in [4.69, 9.17) is 38.7 Å². The van der Waals surface area contributed by atoms with Crippen molar-refractivity contribution in [1.82, 2.24) is 47.2 Å². The predicted octanol–water partition coefficient (Wildman–Crippen LogP) is 3.12. The van der Waals surface area contributed by atoms with Gasteiger partial charge in [0, 0.05) is 65.3 Å². The number of amides is 8. The molecule has 8 amide bonds. The number of hydrogen-bond donors (Lipinski definition) is 14. The highest BCUT2D eigenvalue weighted by Crippen LogP contribution is 2.21. The number of aromatic amines is 1. The number of halogens is 4. The number of carboxylic acid groups (broad SMARTS) is 1. The Hall–Kier alpha value is -8.24. The van der Waals surface area contributed by atoms with Crippen molar-refractivity contribution in [2.45, 2.75) is 113 Å². The standard InChI is InChI=1S/C58H71ClN12O8S2.C2HF3O2/c1-33(2)50(58(79)70-49(32-81)56(77)66-45(51(62)72)26-35-16-19-37-11-3-4-12-38(37)24-35)71-53(74)44(15-7-8-22-60)65-55(76)47(28-39-30-64-43-14-6-5-13-41(39)43)68-54(75)46(27-36-10-9-23-63-29-36)67-57(78)48(31-80)69-52(73)42(61)25-34-17-20-40(59)21-18-34;3-2(4,5)1(6)7/h3-6,9-14,16-21,23-24,29-30,33,42,44-50,64,80-81H,7-8,15,22,25-28,31-32,60-61H2,1-2H3,(H2,62,72)(H,65,76)(H,66,77)(H,67,78)(H,68,75)(H,69,73)(H,70,79)(H,71,74);(H,6,7)/t42-,44+,45+,46+,47+,48-,49+,50+;/m1./s1. The van der Waals surface area contributed by atoms with Crippen LogP contribution >= 0.6 is 36.9 Å². The number of para-hydroxylation sites is 1. The molecule has 0 radical (unpaired) electrons. The van der Waals surface area contributed by atoms with Gasteiger partial charge in [-0.2, -0.15) is 38.4 Å². The summed E-state index contributed by atoms with van der Waals surface area (Å²) in [5.41, 5.74) is 21.3. The van der Waals surface area contributed by atoms with Crippen LogP contribution in [-0.2, 0) is 68.8 Å². The zero-order valence-electron chi connectivity index (χ0n) is 48.0. The molecule has 22 nitrogen and oxygen atoms in total. The summed E-state index contributed by atoms with van der Waals surface area (Å²) in [7, 11) is 0. The Morgan fingerprint density at radius 1 is 0.602 bits per heavy atom. The first-order valence-electron chi connectivity index (χ1n) is 27.9. The molecule has 0 spiro atoms. The molecule has 88 heavy (non-hydrogen) atoms. The Morgan fingerprint density at radius 2 is 1.12 bits per heavy atom. The summed E-state index contributed by atoms with van der Waals surface area (Å²) >= 11 is 14.7. The molecule has 472 valence electrons. The van der Waals surface area contributed by atoms with Gasteiger partial charge in [0.25, 0.3) is 0 Å². The Bertz CT molecular complexity index is 3370. The molecule has 0 bridgehead atoms. The van der Waals surface area contributed by atoms with E-state index < -0.39 is 114 Å². The number of aromatic nitrogens is 2. The maximum Gasteiger partial charge on any atom is 0.490 e. The first kappa shape index (κ1) is 70.5. The molecule has 0 saturated carbocycles. The second kappa shape index (κ2) is 34.3. The maximum atomic E-state index is 14.8. The summed E-state index contributed by atoms with van der Waals surface area (Å²) < 4.78 is 31.7. The topological polar surface area (TPSA) is 365 Å². The lowest BCUT2D eigenvalue weighted by Gasteiger charge is -2.29. The van der Waals surface area contributed by atoms with Crippen LogP contribution in [0.2, 0.25) is 5.02 Å². The number of nitrogens with one attached hydrogen (secondary N) is 8. The fourth-order valence-electron chi connectivity index (χ4n) is 9.05. The number of carbonyl (C=O) groups excluding carboxylic acids is 8. The third-order valence-corrected chi connectivity index (χ3v) is 14.8. The van der Waals surface area contributed by atoms with E-state index in [2.05, 4.69) is 72.4 Å². The number of thiol groups is 2. The number of pyridine rings is 1. The lowest BCUT2D eigenvalue weighted by molar-refractivity contribution is -0.192. The molecule has 4 aromatic carbocycles. The molecule has 0 unspecified atom stereocenters. The van der Waals surface area contributed by atoms with Crippen LogP contribution in [0.3, 0.4) is 0 Å². The molecule has 2 heterocycles. The summed E-state index contributed by atoms with van der Waals surface area (Å²) in [6, 6.07) is 20.9. The lowest BCUT2D eigenvalue weighted by atomic mass is 10.00. The van der Waals surface area contributed by atoms with E-state index in [1.807, 2.05) is 66.7 Å². The highest BCUT2D eigenvalue weighted by Gasteiger charge is 2.39. The number of benzene rings is 4. The first-order chi connectivity index (χ1) is 41.8. The molecule has 28 heteroatoms. The van der Waals surface area contributed by atoms with Gasteiger partial charge in [0.2, 0.25) is 47.3 Å². The van der Waals surface area contributed by atoms with Crippen molar-refractivity contribution >= 4 is 112 Å². The highest BCUT2D eigenvalue weighted by atomic mass is 35.5. The van der Waals surface area contributed by atoms with Crippen LogP contribution in [0.1, 0.15) is 55.4 Å². The SMILES string of the molecule is CC(C)[C@H](NC(=O)[C@H](CCCCN)NC(=O)[C@H](Cc1c[nH]c2ccccc12)NC(=O)[C@H](Cc1cccnc1)NC(=O)[C@@H](CS)NC(=O)[C@H](N)Cc1ccc(Cl)cc1)C(=O)N[C@@H](CS)C(=O)N[C@@H](Cc1ccc2ccccc2c1)C(N)=O.O=C(O)C(F)(F)F. The van der Waals surface area contributed by atoms with E-state index >= 15 is 0 Å². The predicted molar refractivity (Wildman–Crippen MR) is 333 cm³/mol. The largest absolute Gasteiger partial charge is 0.490 e. The molecule has 15 N–H and O–H groups in total. The van der Waals surface area contributed by atoms with Gasteiger partial charge in [0.1, 0.15) is 42.3 Å². The van der Waals surface area contributed by atoms with Crippen LogP contribution in [0.25, 0.3) is 21.7 Å². The number of unbranched alkanes of at least 4 members (excludes halogenated alkanes) is 1. The fraction of sp³-hybridized carbons (Fsp3) is 0.367. The quantitative estimate of drug-likeness (QED) is 0.0228. The van der Waals surface area contributed by atoms with Crippen molar-refractivity contribution in [1.29, 1.82) is 0 Å². The van der Waals surface area contributed by atoms with Crippen LogP contribution in [0, 0.1) is 5.92 Å². The van der Waals surface area contributed by atoms with Crippen LogP contribution in [-0.4, -0.2) is 141 Å². The molecule has 6 aromatic rings. The minimum atomic E-state index is -5.08. The second-order valence-electron chi connectivity index (χ2n) is 20.9. The van der Waals surface area contributed by atoms with Crippen molar-refractivity contribution < 1.29 is 61.4 Å². The van der Waals surface area contributed by atoms with Gasteiger partial charge in [-0.3, -0.25) is 43.3 Å². The van der Waals surface area contributed by atoms with Gasteiger partial charge in [0.05, 0.1) is 6.04 Å². The maximum absolute atomic E-state index is 14.8. The minimum Gasteiger partial charge on any atom is -0.475 e. The molecule has 0 fully saturated rings. The van der Waals surface area contributed by atoms with Crippen LogP contribution < -0.4 is 54.4 Å². The van der Waals surface area contributed by atoms with Gasteiger partial charge >= 0.3 is 12.1 Å². The van der Waals surface area contributed by atoms with Crippen molar-refractivity contribution in [2.75, 3.05) is 18.1 Å². The number of H-pyrrole nitrogens is 1. The molecule has 0 saturated heterocycles. The molecule has 0 aliphatic rings. The van der Waals surface area contributed by atoms with Crippen molar-refractivity contribution in [3.05, 3.63) is 149 Å². The number of carboxylic acids is 1. The van der Waals surface area contributed by atoms with Gasteiger partial charge in [-0.25, -0.2) is 4.79 Å². The summed E-state index contributed by atoms with van der Waals surface area (Å²) in [5.74, 6) is -9.60. The number of rotatable bonds is 30. The first-order valence-corrected chi connectivity index (χ1v) is 29.5. The molecular formula is C60H72ClF3N12O10S2. The number of alkyl halides is 3. The summed E-state index contributed by atoms with van der Waals surface area (Å²) in [5, 5.41) is 29.4. The molecule has 6 rings (SSSR count). The van der Waals surface area contributed by atoms with Gasteiger partial charge < -0.3 is 64.5 Å². The summed E-state index contributed by atoms with van der Waals surface area (Å²) in [4.78, 5) is 128. The zero-order valence-corrected chi connectivity index (χ0v) is 50.6. The van der Waals surface area contributed by atoms with E-state index in [-0.39, 0.29) is 50.2 Å². The van der Waals surface area contributed by atoms with Gasteiger partial charge in [-0.15, -0.1) is 0 Å². The number of primary amides is 1. The van der Waals surface area contributed by atoms with E-state index in [0.29, 0.717) is 29.0 Å². The number of fused-ring (bicyclic) bond motifs is 2. The second-order valence-corrected chi connectivity index (χ2v) is 22.1. The van der Waals surface area contributed by atoms with Crippen LogP contribution in [0.15, 0.2) is 122 Å². The van der Waals surface area contributed by atoms with Gasteiger partial charge in [-0.05, 0) is 95.4 Å². The van der Waals surface area contributed by atoms with E-state index in [1.54, 1.807) is 62.6 Å². The lowest BCUT2D eigenvalue weighted by Crippen LogP contribution is -2.61. The van der Waals surface area contributed by atoms with E-state index in [0.717, 1.165) is 32.8 Å². The monoisotopic (exact) mass is 1280 g/mol. The van der Waals surface area contributed by atoms with Gasteiger partial charge in [-0.1, -0.05) is 104 Å². The number of hydrogen-bond acceptors (Lipinski definition) is 14. The number of nitrogens with zero attached hydrogens (tertiary/aromatic N) is 1. The fourth-order valence-corrected chi connectivity index (χ4v) is 9.69. The average molecular weight is 1280 g/mol. The number of nitrogens with two attached hydrogens (primary N) is 3. The zero-order chi connectivity index (χ0) is 64.7. The molecule has 2 aromatic heterocycles. The Labute approximate surface area is 521 Å². The van der Waals surface area contributed by atoms with Gasteiger partial charge in [0.15, 0.2) is 0 Å². The van der Waals surface area contributed by atoms with Crippen molar-refractivity contribution in [3.63, 3.8) is 0 Å². The highest BCUT2D eigenvalue weighted by molar-refractivity contribution is 7.80. The minimum absolute atomic E-state index is 0.0717. The normalized spacial score (nSPS) is 14.0. The average Bonchev–Trinajstić information content (AvgIpc) is 2.72. The smallest absolute Gasteiger partial charge is 0.475 e. The molecule has 8 atom stereocenters. The summed E-state index contributed by atoms with van der Waals surface area (Å²) in [6.07, 6.45) is 0.664. The number of aliphatic carboxylic acids is 1. The third kappa shape index (κ3) is 21.9. The molecular weight excluding hydrogens is 1210 g/mol. The molecule has 0 aliphatic heterocycles. The Morgan fingerprint density at radius 3 is 1.70 bits per heavy atom. The number of carbonyl (C=O) groups is 9.